The van der Waals surface area contributed by atoms with Crippen LogP contribution in [0.2, 0.25) is 0 Å². The van der Waals surface area contributed by atoms with Gasteiger partial charge >= 0.3 is 0 Å². The van der Waals surface area contributed by atoms with Crippen molar-refractivity contribution in [1.82, 2.24) is 8.80 Å². The van der Waals surface area contributed by atoms with Crippen LogP contribution in [0.5, 0.6) is 0 Å². The van der Waals surface area contributed by atoms with E-state index in [4.69, 9.17) is 6.57 Å². The number of nitriles is 1. The minimum absolute atomic E-state index is 0.607. The summed E-state index contributed by atoms with van der Waals surface area (Å²) in [6.07, 6.45) is 0. The SMILES string of the molecule is [C-]#[N+]c1ccc(N(c2ccccc2)c2ccc3c4cccc5c6c(-c7ccccc7)c7c(c(-c8ccccc8)c6n(c3c2)c45)c2cccc3c4ccc(N(c5ccccc5)c5ccc(C#N)cc5)cc4n7c32)cc1. The first-order valence-corrected chi connectivity index (χ1v) is 24.9. The van der Waals surface area contributed by atoms with Crippen molar-refractivity contribution in [3.05, 3.63) is 260 Å². The largest absolute Gasteiger partial charge is 0.311 e. The van der Waals surface area contributed by atoms with Crippen LogP contribution in [0.1, 0.15) is 5.56 Å². The highest BCUT2D eigenvalue weighted by atomic mass is 15.1. The normalized spacial score (nSPS) is 11.8. The zero-order valence-electron chi connectivity index (χ0n) is 39.8. The highest BCUT2D eigenvalue weighted by molar-refractivity contribution is 6.38. The lowest BCUT2D eigenvalue weighted by atomic mass is 9.89. The van der Waals surface area contributed by atoms with Crippen LogP contribution < -0.4 is 9.80 Å². The maximum absolute atomic E-state index is 9.76. The second-order valence-electron chi connectivity index (χ2n) is 19.0. The summed E-state index contributed by atoms with van der Waals surface area (Å²) in [5.41, 5.74) is 18.9. The summed E-state index contributed by atoms with van der Waals surface area (Å²) in [6, 6.07) is 88.5. The molecule has 6 nitrogen and oxygen atoms in total. The van der Waals surface area contributed by atoms with E-state index in [2.05, 4.69) is 218 Å². The number of fused-ring (bicyclic) bond motifs is 12. The van der Waals surface area contributed by atoms with E-state index in [-0.39, 0.29) is 0 Å². The second-order valence-corrected chi connectivity index (χ2v) is 19.0. The monoisotopic (exact) mass is 940 g/mol. The molecule has 0 N–H and O–H groups in total. The van der Waals surface area contributed by atoms with Crippen molar-refractivity contribution in [2.75, 3.05) is 9.80 Å². The Balaban J connectivity index is 1.11. The number of benzene rings is 11. The molecule has 0 atom stereocenters. The molecule has 15 rings (SSSR count). The van der Waals surface area contributed by atoms with Crippen LogP contribution in [-0.2, 0) is 0 Å². The van der Waals surface area contributed by atoms with Crippen LogP contribution in [0.25, 0.3) is 103 Å². The molecule has 0 aliphatic carbocycles. The summed E-state index contributed by atoms with van der Waals surface area (Å²) in [4.78, 5) is 8.29. The minimum Gasteiger partial charge on any atom is -0.311 e. The summed E-state index contributed by atoms with van der Waals surface area (Å²) in [6.45, 7) is 7.69. The van der Waals surface area contributed by atoms with Crippen molar-refractivity contribution in [3.63, 3.8) is 0 Å². The van der Waals surface area contributed by atoms with E-state index in [9.17, 15) is 5.26 Å². The molecular formula is C68H40N6. The van der Waals surface area contributed by atoms with Gasteiger partial charge in [0.15, 0.2) is 5.69 Å². The van der Waals surface area contributed by atoms with Crippen LogP contribution in [0.4, 0.5) is 39.8 Å². The first-order valence-electron chi connectivity index (χ1n) is 24.9. The molecule has 74 heavy (non-hydrogen) atoms. The Bertz CT molecular complexity index is 4450. The fourth-order valence-electron chi connectivity index (χ4n) is 12.1. The van der Waals surface area contributed by atoms with Crippen LogP contribution in [0.15, 0.2) is 243 Å². The molecular weight excluding hydrogens is 901 g/mol. The Labute approximate surface area is 425 Å². The van der Waals surface area contributed by atoms with Gasteiger partial charge in [0.25, 0.3) is 0 Å². The van der Waals surface area contributed by atoms with Crippen molar-refractivity contribution in [2.24, 2.45) is 0 Å². The van der Waals surface area contributed by atoms with Gasteiger partial charge in [0.1, 0.15) is 0 Å². The Hall–Kier alpha value is -10.4. The molecule has 4 heterocycles. The van der Waals surface area contributed by atoms with E-state index in [1.807, 2.05) is 54.6 Å². The Morgan fingerprint density at radius 3 is 1.15 bits per heavy atom. The molecule has 0 saturated heterocycles. The number of anilines is 6. The summed E-state index contributed by atoms with van der Waals surface area (Å²) in [5, 5.41) is 19.3. The van der Waals surface area contributed by atoms with Gasteiger partial charge in [0, 0.05) is 88.3 Å². The average Bonchev–Trinajstić information content (AvgIpc) is 4.25. The molecule has 0 bridgehead atoms. The highest BCUT2D eigenvalue weighted by Gasteiger charge is 2.31. The molecule has 11 aromatic carbocycles. The Morgan fingerprint density at radius 1 is 0.351 bits per heavy atom. The maximum atomic E-state index is 9.76. The first kappa shape index (κ1) is 41.4. The number of hydrogen-bond acceptors (Lipinski definition) is 3. The van der Waals surface area contributed by atoms with Crippen LogP contribution >= 0.6 is 0 Å². The lowest BCUT2D eigenvalue weighted by Gasteiger charge is -2.25. The van der Waals surface area contributed by atoms with Gasteiger partial charge in [-0.05, 0) is 96.1 Å². The number of hydrogen-bond donors (Lipinski definition) is 0. The van der Waals surface area contributed by atoms with Crippen LogP contribution in [0.3, 0.4) is 0 Å². The molecule has 15 aromatic rings. The molecule has 6 heteroatoms. The fourth-order valence-corrected chi connectivity index (χ4v) is 12.1. The topological polar surface area (TPSA) is 43.5 Å². The predicted molar refractivity (Wildman–Crippen MR) is 307 cm³/mol. The zero-order valence-corrected chi connectivity index (χ0v) is 39.8. The number of para-hydroxylation sites is 4. The van der Waals surface area contributed by atoms with Gasteiger partial charge < -0.3 is 18.6 Å². The van der Waals surface area contributed by atoms with E-state index < -0.39 is 0 Å². The first-order chi connectivity index (χ1) is 36.7. The Kier molecular flexibility index (Phi) is 8.99. The smallest absolute Gasteiger partial charge is 0.187 e. The van der Waals surface area contributed by atoms with Crippen molar-refractivity contribution < 1.29 is 0 Å². The fraction of sp³-hybridized carbons (Fsp3) is 0. The van der Waals surface area contributed by atoms with E-state index in [1.54, 1.807) is 0 Å². The Morgan fingerprint density at radius 2 is 0.730 bits per heavy atom. The maximum Gasteiger partial charge on any atom is 0.187 e. The lowest BCUT2D eigenvalue weighted by molar-refractivity contribution is 1.28. The lowest BCUT2D eigenvalue weighted by Crippen LogP contribution is -2.09. The van der Waals surface area contributed by atoms with Crippen molar-refractivity contribution >= 4 is 116 Å². The van der Waals surface area contributed by atoms with Gasteiger partial charge in [0.05, 0.1) is 51.3 Å². The van der Waals surface area contributed by atoms with E-state index in [1.165, 1.54) is 76.3 Å². The minimum atomic E-state index is 0.607. The molecule has 342 valence electrons. The molecule has 0 amide bonds. The van der Waals surface area contributed by atoms with Crippen molar-refractivity contribution in [3.8, 4) is 28.3 Å². The summed E-state index contributed by atoms with van der Waals surface area (Å²) in [7, 11) is 0. The zero-order chi connectivity index (χ0) is 49.0. The van der Waals surface area contributed by atoms with Gasteiger partial charge in [-0.1, -0.05) is 158 Å². The molecule has 0 aliphatic rings. The molecule has 0 unspecified atom stereocenters. The predicted octanol–water partition coefficient (Wildman–Crippen LogP) is 18.7. The van der Waals surface area contributed by atoms with E-state index >= 15 is 0 Å². The molecule has 0 spiro atoms. The summed E-state index contributed by atoms with van der Waals surface area (Å²) in [5.74, 6) is 0. The van der Waals surface area contributed by atoms with Crippen molar-refractivity contribution in [1.29, 1.82) is 5.26 Å². The molecule has 0 aliphatic heterocycles. The number of aromatic nitrogens is 2. The molecule has 0 saturated carbocycles. The molecule has 0 radical (unpaired) electrons. The second kappa shape index (κ2) is 16.1. The average molecular weight is 941 g/mol. The van der Waals surface area contributed by atoms with Gasteiger partial charge in [-0.15, -0.1) is 0 Å². The quantitative estimate of drug-likeness (QED) is 0.143. The van der Waals surface area contributed by atoms with Crippen LogP contribution in [-0.4, -0.2) is 8.80 Å². The summed E-state index contributed by atoms with van der Waals surface area (Å²) >= 11 is 0. The molecule has 4 aromatic heterocycles. The van der Waals surface area contributed by atoms with Gasteiger partial charge in [-0.3, -0.25) is 0 Å². The third-order valence-corrected chi connectivity index (χ3v) is 15.1. The van der Waals surface area contributed by atoms with E-state index in [0.717, 1.165) is 56.3 Å². The van der Waals surface area contributed by atoms with E-state index in [0.29, 0.717) is 11.3 Å². The third kappa shape index (κ3) is 5.91. The van der Waals surface area contributed by atoms with Gasteiger partial charge in [-0.25, -0.2) is 4.85 Å². The van der Waals surface area contributed by atoms with Gasteiger partial charge in [-0.2, -0.15) is 5.26 Å². The van der Waals surface area contributed by atoms with Crippen LogP contribution in [0, 0.1) is 17.9 Å². The third-order valence-electron chi connectivity index (χ3n) is 15.1. The number of nitrogens with zero attached hydrogens (tertiary/aromatic N) is 6. The number of rotatable bonds is 8. The standard InChI is InChI=1S/C68H40N6/c1-70-46-30-34-50(35-31-46)72(48-22-12-5-13-23-48)52-37-39-54-56-25-15-27-58-64-61(44-16-6-2-7-17-44)67-63(62(45-18-8-3-9-19-45)68(64)74(66(56)58)60(54)41-52)57-26-14-24-55-53-38-36-51(40-59(53)73(67)65(55)57)71(47-20-10-4-11-21-47)49-32-28-43(42-69)29-33-49/h2-41H. The molecule has 0 fully saturated rings. The van der Waals surface area contributed by atoms with Crippen molar-refractivity contribution in [2.45, 2.75) is 0 Å². The highest BCUT2D eigenvalue weighted by Crippen LogP contribution is 2.55. The van der Waals surface area contributed by atoms with Gasteiger partial charge in [0.2, 0.25) is 0 Å². The summed E-state index contributed by atoms with van der Waals surface area (Å²) < 4.78 is 5.13.